The molecule has 0 amide bonds. The van der Waals surface area contributed by atoms with Crippen molar-refractivity contribution >= 4 is 11.5 Å². The number of hydrogen-bond acceptors (Lipinski definition) is 8. The Morgan fingerprint density at radius 2 is 2.10 bits per heavy atom. The molecule has 3 fully saturated rings. The van der Waals surface area contributed by atoms with Gasteiger partial charge in [0.05, 0.1) is 29.4 Å². The monoisotopic (exact) mass is 554 g/mol. The van der Waals surface area contributed by atoms with Crippen LogP contribution in [-0.4, -0.2) is 65.3 Å². The normalized spacial score (nSPS) is 31.0. The fourth-order valence-electron chi connectivity index (χ4n) is 7.72. The highest BCUT2D eigenvalue weighted by atomic mass is 19.3. The number of alkyl halides is 3. The highest BCUT2D eigenvalue weighted by Gasteiger charge is 2.50. The molecule has 2 N–H and O–H groups in total. The van der Waals surface area contributed by atoms with E-state index in [1.807, 2.05) is 6.07 Å². The first-order valence-electron chi connectivity index (χ1n) is 14.2. The Bertz CT molecular complexity index is 1380. The largest absolute Gasteiger partial charge is 0.461 e. The van der Waals surface area contributed by atoms with Gasteiger partial charge in [-0.25, -0.2) is 13.2 Å². The van der Waals surface area contributed by atoms with Gasteiger partial charge in [-0.05, 0) is 56.7 Å². The smallest absolute Gasteiger partial charge is 0.318 e. The first-order valence-corrected chi connectivity index (χ1v) is 14.2. The van der Waals surface area contributed by atoms with Gasteiger partial charge in [0.1, 0.15) is 30.3 Å². The summed E-state index contributed by atoms with van der Waals surface area (Å²) >= 11 is 0. The van der Waals surface area contributed by atoms with Crippen LogP contribution in [0.25, 0.3) is 0 Å². The molecule has 2 aromatic rings. The molecule has 1 aromatic carbocycles. The summed E-state index contributed by atoms with van der Waals surface area (Å²) in [6, 6.07) is 5.22. The van der Waals surface area contributed by atoms with Gasteiger partial charge in [-0.2, -0.15) is 15.2 Å². The van der Waals surface area contributed by atoms with Crippen molar-refractivity contribution in [3.05, 3.63) is 40.1 Å². The predicted octanol–water partition coefficient (Wildman–Crippen LogP) is 4.03. The van der Waals surface area contributed by atoms with Crippen LogP contribution in [0.5, 0.6) is 6.01 Å². The van der Waals surface area contributed by atoms with Crippen LogP contribution in [0.15, 0.2) is 12.1 Å². The predicted molar refractivity (Wildman–Crippen MR) is 141 cm³/mol. The summed E-state index contributed by atoms with van der Waals surface area (Å²) in [6.07, 6.45) is 1.98. The number of fused-ring (bicyclic) bond motifs is 4. The molecule has 1 aliphatic carbocycles. The second-order valence-corrected chi connectivity index (χ2v) is 12.0. The molecule has 3 saturated heterocycles. The van der Waals surface area contributed by atoms with Crippen molar-refractivity contribution in [3.8, 4) is 12.1 Å². The maximum Gasteiger partial charge on any atom is 0.318 e. The van der Waals surface area contributed by atoms with Gasteiger partial charge in [0, 0.05) is 42.7 Å². The van der Waals surface area contributed by atoms with E-state index in [9.17, 15) is 18.4 Å². The lowest BCUT2D eigenvalue weighted by Crippen LogP contribution is -2.53. The zero-order valence-corrected chi connectivity index (χ0v) is 22.3. The lowest BCUT2D eigenvalue weighted by Gasteiger charge is -2.46. The zero-order valence-electron chi connectivity index (χ0n) is 22.3. The summed E-state index contributed by atoms with van der Waals surface area (Å²) in [5.74, 6) is 0.422. The number of aromatic nitrogens is 2. The van der Waals surface area contributed by atoms with Crippen LogP contribution in [-0.2, 0) is 29.8 Å². The number of nitriles is 1. The number of benzene rings is 1. The van der Waals surface area contributed by atoms with Gasteiger partial charge in [-0.15, -0.1) is 0 Å². The molecule has 4 atom stereocenters. The van der Waals surface area contributed by atoms with E-state index in [4.69, 9.17) is 20.2 Å². The topological polar surface area (TPSA) is 101 Å². The Balaban J connectivity index is 1.27. The van der Waals surface area contributed by atoms with Crippen LogP contribution in [0, 0.1) is 11.3 Å². The summed E-state index contributed by atoms with van der Waals surface area (Å²) in [7, 11) is 0. The Morgan fingerprint density at radius 1 is 1.23 bits per heavy atom. The minimum Gasteiger partial charge on any atom is -0.461 e. The molecule has 0 bridgehead atoms. The average molecular weight is 555 g/mol. The fourth-order valence-corrected chi connectivity index (χ4v) is 7.72. The summed E-state index contributed by atoms with van der Waals surface area (Å²) < 4.78 is 54.8. The van der Waals surface area contributed by atoms with Crippen molar-refractivity contribution < 1.29 is 22.6 Å². The number of hydrogen-bond donors (Lipinski definition) is 1. The zero-order chi connectivity index (χ0) is 27.6. The van der Waals surface area contributed by atoms with E-state index in [0.717, 1.165) is 43.4 Å². The number of nitrogens with zero attached hydrogens (tertiary/aromatic N) is 5. The maximum absolute atomic E-state index is 14.3. The highest BCUT2D eigenvalue weighted by molar-refractivity contribution is 5.63. The third-order valence-corrected chi connectivity index (χ3v) is 9.77. The molecule has 11 heteroatoms. The standard InChI is InChI=1S/C29H33F3N6O2/c30-18-11-28(7-2-9-37(28)14-18)16-39-27-35-22-12-29(8-1-3-17-4-5-21(34)19(13-33)24(17)29)40-15-20(22)26(36-27)38-10-6-23(38)25(31)32/h4-5,18,23,25H,1-3,6-12,14-16,34H2. The first kappa shape index (κ1) is 25.8. The quantitative estimate of drug-likeness (QED) is 0.553. The lowest BCUT2D eigenvalue weighted by molar-refractivity contribution is -0.0858. The summed E-state index contributed by atoms with van der Waals surface area (Å²) in [6.45, 7) is 2.10. The minimum absolute atomic E-state index is 0.123. The number of aryl methyl sites for hydroxylation is 1. The van der Waals surface area contributed by atoms with Gasteiger partial charge in [0.2, 0.25) is 0 Å². The number of anilines is 2. The SMILES string of the molecule is N#Cc1c(N)ccc2c1C1(CCC2)Cc2nc(OCC34CCCN3CC(F)C4)nc(N3CCC3C(F)F)c2CO1. The molecule has 0 radical (unpaired) electrons. The first-order chi connectivity index (χ1) is 19.3. The number of halogens is 3. The van der Waals surface area contributed by atoms with Gasteiger partial charge >= 0.3 is 6.01 Å². The van der Waals surface area contributed by atoms with Crippen molar-refractivity contribution in [2.45, 2.75) is 87.8 Å². The van der Waals surface area contributed by atoms with Crippen molar-refractivity contribution in [2.75, 3.05) is 36.9 Å². The number of ether oxygens (including phenoxy) is 2. The van der Waals surface area contributed by atoms with Gasteiger partial charge in [0.25, 0.3) is 6.43 Å². The fraction of sp³-hybridized carbons (Fsp3) is 0.621. The minimum atomic E-state index is -2.50. The Kier molecular flexibility index (Phi) is 6.13. The molecule has 5 heterocycles. The van der Waals surface area contributed by atoms with Crippen LogP contribution in [0.4, 0.5) is 24.7 Å². The number of rotatable bonds is 5. The van der Waals surface area contributed by atoms with Crippen molar-refractivity contribution in [2.24, 2.45) is 0 Å². The van der Waals surface area contributed by atoms with E-state index in [0.29, 0.717) is 67.1 Å². The van der Waals surface area contributed by atoms with Gasteiger partial charge in [0.15, 0.2) is 0 Å². The van der Waals surface area contributed by atoms with E-state index in [1.165, 1.54) is 0 Å². The van der Waals surface area contributed by atoms with Crippen LogP contribution >= 0.6 is 0 Å². The van der Waals surface area contributed by atoms with E-state index < -0.39 is 24.2 Å². The Hall–Kier alpha value is -3.10. The van der Waals surface area contributed by atoms with Gasteiger partial charge in [-0.1, -0.05) is 6.07 Å². The average Bonchev–Trinajstić information content (AvgIpc) is 3.42. The molecule has 7 rings (SSSR count). The molecule has 1 aromatic heterocycles. The number of nitrogens with two attached hydrogens (primary N) is 1. The maximum atomic E-state index is 14.3. The second kappa shape index (κ2) is 9.48. The lowest BCUT2D eigenvalue weighted by atomic mass is 9.72. The van der Waals surface area contributed by atoms with Crippen molar-refractivity contribution in [1.29, 1.82) is 5.26 Å². The van der Waals surface area contributed by atoms with Gasteiger partial charge in [-0.3, -0.25) is 4.90 Å². The molecule has 4 aliphatic heterocycles. The molecule has 8 nitrogen and oxygen atoms in total. The second-order valence-electron chi connectivity index (χ2n) is 12.0. The third kappa shape index (κ3) is 3.94. The summed E-state index contributed by atoms with van der Waals surface area (Å²) in [4.78, 5) is 13.3. The molecule has 0 saturated carbocycles. The molecule has 40 heavy (non-hydrogen) atoms. The molecular formula is C29H33F3N6O2. The molecule has 212 valence electrons. The summed E-state index contributed by atoms with van der Waals surface area (Å²) in [5.41, 5.74) is 9.08. The van der Waals surface area contributed by atoms with Crippen molar-refractivity contribution in [3.63, 3.8) is 0 Å². The van der Waals surface area contributed by atoms with E-state index in [-0.39, 0.29) is 24.8 Å². The third-order valence-electron chi connectivity index (χ3n) is 9.77. The van der Waals surface area contributed by atoms with E-state index >= 15 is 0 Å². The van der Waals surface area contributed by atoms with Crippen molar-refractivity contribution in [1.82, 2.24) is 14.9 Å². The Labute approximate surface area is 231 Å². The highest BCUT2D eigenvalue weighted by Crippen LogP contribution is 2.49. The van der Waals surface area contributed by atoms with Crippen LogP contribution in [0.3, 0.4) is 0 Å². The van der Waals surface area contributed by atoms with Crippen LogP contribution < -0.4 is 15.4 Å². The van der Waals surface area contributed by atoms with Gasteiger partial charge < -0.3 is 20.1 Å². The van der Waals surface area contributed by atoms with E-state index in [2.05, 4.69) is 16.0 Å². The Morgan fingerprint density at radius 3 is 2.88 bits per heavy atom. The molecular weight excluding hydrogens is 521 g/mol. The molecule has 4 unspecified atom stereocenters. The molecule has 1 spiro atoms. The molecule has 5 aliphatic rings. The van der Waals surface area contributed by atoms with Crippen LogP contribution in [0.2, 0.25) is 0 Å². The number of nitrogen functional groups attached to an aromatic ring is 1. The van der Waals surface area contributed by atoms with Crippen LogP contribution in [0.1, 0.15) is 66.5 Å². The van der Waals surface area contributed by atoms with E-state index in [1.54, 1.807) is 11.0 Å². The summed E-state index contributed by atoms with van der Waals surface area (Å²) in [5, 5.41) is 9.99.